The third-order valence-electron chi connectivity index (χ3n) is 0.502. The Hall–Kier alpha value is -0.890. The highest BCUT2D eigenvalue weighted by Gasteiger charge is 1.88. The van der Waals surface area contributed by atoms with Crippen LogP contribution in [0, 0.1) is 5.92 Å². The molecule has 0 unspecified atom stereocenters. The van der Waals surface area contributed by atoms with E-state index in [4.69, 9.17) is 5.53 Å². The van der Waals surface area contributed by atoms with Gasteiger partial charge in [-0.3, -0.25) is 0 Å². The van der Waals surface area contributed by atoms with Crippen molar-refractivity contribution < 1.29 is 4.84 Å². The highest BCUT2D eigenvalue weighted by atomic mass is 16.6. The zero-order valence-electron chi connectivity index (χ0n) is 5.03. The first-order valence-corrected chi connectivity index (χ1v) is 2.43. The number of nitrogens with zero attached hydrogens (tertiary/aromatic N) is 3. The highest BCUT2D eigenvalue weighted by molar-refractivity contribution is 4.37. The summed E-state index contributed by atoms with van der Waals surface area (Å²) in [6.07, 6.45) is 0. The Kier molecular flexibility index (Phi) is 3.80. The van der Waals surface area contributed by atoms with Gasteiger partial charge in [-0.15, -0.1) is 0 Å². The minimum Gasteiger partial charge on any atom is -0.433 e. The fraction of sp³-hybridized carbons (Fsp3) is 1.00. The summed E-state index contributed by atoms with van der Waals surface area (Å²) in [4.78, 5) is 6.86. The number of rotatable bonds is 3. The zero-order valence-corrected chi connectivity index (χ0v) is 5.03. The van der Waals surface area contributed by atoms with Crippen molar-refractivity contribution >= 4 is 0 Å². The van der Waals surface area contributed by atoms with Gasteiger partial charge in [0.25, 0.3) is 0 Å². The standard InChI is InChI=1S/C4H9N3O/c1-4(2)3-8-7-6-5/h4H,3H2,1-2H3. The van der Waals surface area contributed by atoms with Gasteiger partial charge < -0.3 is 4.84 Å². The second kappa shape index (κ2) is 4.27. The molecule has 0 aromatic carbocycles. The molecular weight excluding hydrogens is 106 g/mol. The summed E-state index contributed by atoms with van der Waals surface area (Å²) in [6.45, 7) is 4.45. The number of hydrogen-bond acceptors (Lipinski definition) is 2. The fourth-order valence-corrected chi connectivity index (χ4v) is 0.208. The van der Waals surface area contributed by atoms with Crippen LogP contribution < -0.4 is 0 Å². The van der Waals surface area contributed by atoms with E-state index in [1.54, 1.807) is 0 Å². The second-order valence-corrected chi connectivity index (χ2v) is 1.86. The summed E-state index contributed by atoms with van der Waals surface area (Å²) < 4.78 is 0. The molecule has 0 aliphatic rings. The Labute approximate surface area is 48.0 Å². The Morgan fingerprint density at radius 2 is 2.38 bits per heavy atom. The van der Waals surface area contributed by atoms with Gasteiger partial charge in [-0.1, -0.05) is 13.8 Å². The van der Waals surface area contributed by atoms with E-state index in [2.05, 4.69) is 15.0 Å². The topological polar surface area (TPSA) is 58.0 Å². The summed E-state index contributed by atoms with van der Waals surface area (Å²) in [5.41, 5.74) is 7.71. The van der Waals surface area contributed by atoms with Crippen LogP contribution in [0.5, 0.6) is 0 Å². The molecule has 0 fully saturated rings. The Morgan fingerprint density at radius 3 is 2.75 bits per heavy atom. The van der Waals surface area contributed by atoms with Crippen molar-refractivity contribution in [3.8, 4) is 0 Å². The van der Waals surface area contributed by atoms with E-state index in [-0.39, 0.29) is 0 Å². The largest absolute Gasteiger partial charge is 0.433 e. The van der Waals surface area contributed by atoms with E-state index in [9.17, 15) is 0 Å². The van der Waals surface area contributed by atoms with Gasteiger partial charge in [-0.25, -0.2) is 0 Å². The molecule has 46 valence electrons. The van der Waals surface area contributed by atoms with E-state index in [1.165, 1.54) is 0 Å². The first kappa shape index (κ1) is 7.11. The molecule has 0 aromatic heterocycles. The van der Waals surface area contributed by atoms with Crippen LogP contribution in [-0.2, 0) is 4.84 Å². The van der Waals surface area contributed by atoms with Crippen LogP contribution in [0.3, 0.4) is 0 Å². The molecule has 0 saturated heterocycles. The van der Waals surface area contributed by atoms with E-state index >= 15 is 0 Å². The Balaban J connectivity index is 3.05. The molecule has 0 heterocycles. The fourth-order valence-electron chi connectivity index (χ4n) is 0.208. The zero-order chi connectivity index (χ0) is 6.41. The van der Waals surface area contributed by atoms with Gasteiger partial charge in [0.05, 0.1) is 6.61 Å². The molecule has 0 amide bonds. The maximum absolute atomic E-state index is 7.71. The molecule has 0 saturated carbocycles. The van der Waals surface area contributed by atoms with Gasteiger partial charge >= 0.3 is 0 Å². The lowest BCUT2D eigenvalue weighted by Crippen LogP contribution is -1.95. The van der Waals surface area contributed by atoms with Crippen LogP contribution in [-0.4, -0.2) is 6.61 Å². The lowest BCUT2D eigenvalue weighted by Gasteiger charge is -1.98. The van der Waals surface area contributed by atoms with Crippen molar-refractivity contribution in [2.45, 2.75) is 13.8 Å². The highest BCUT2D eigenvalue weighted by Crippen LogP contribution is 1.91. The van der Waals surface area contributed by atoms with Crippen LogP contribution in [0.25, 0.3) is 10.4 Å². The number of hydrogen-bond donors (Lipinski definition) is 0. The molecule has 0 N–H and O–H groups in total. The van der Waals surface area contributed by atoms with Crippen molar-refractivity contribution in [3.05, 3.63) is 10.4 Å². The lowest BCUT2D eigenvalue weighted by atomic mass is 10.2. The van der Waals surface area contributed by atoms with E-state index in [0.717, 1.165) is 0 Å². The molecule has 0 aliphatic heterocycles. The average Bonchev–Trinajstić information content (AvgIpc) is 1.66. The van der Waals surface area contributed by atoms with Gasteiger partial charge in [0.15, 0.2) is 0 Å². The molecule has 4 heteroatoms. The van der Waals surface area contributed by atoms with E-state index in [0.29, 0.717) is 12.5 Å². The van der Waals surface area contributed by atoms with Gasteiger partial charge in [0, 0.05) is 4.91 Å². The van der Waals surface area contributed by atoms with Crippen LogP contribution in [0.1, 0.15) is 13.8 Å². The summed E-state index contributed by atoms with van der Waals surface area (Å²) in [6, 6.07) is 0. The SMILES string of the molecule is CC(C)CON=[N+]=[N-]. The minimum absolute atomic E-state index is 0.417. The first-order chi connectivity index (χ1) is 3.77. The Bertz CT molecular complexity index is 95.5. The molecule has 0 radical (unpaired) electrons. The van der Waals surface area contributed by atoms with Gasteiger partial charge in [-0.2, -0.15) is 0 Å². The molecule has 0 bridgehead atoms. The van der Waals surface area contributed by atoms with Crippen LogP contribution in [0.15, 0.2) is 5.28 Å². The summed E-state index contributed by atoms with van der Waals surface area (Å²) in [5, 5.41) is 2.89. The average molecular weight is 115 g/mol. The molecule has 0 atom stereocenters. The Morgan fingerprint density at radius 1 is 1.75 bits per heavy atom. The summed E-state index contributed by atoms with van der Waals surface area (Å²) in [7, 11) is 0. The molecule has 0 aliphatic carbocycles. The monoisotopic (exact) mass is 115 g/mol. The van der Waals surface area contributed by atoms with Crippen molar-refractivity contribution in [2.75, 3.05) is 6.61 Å². The smallest absolute Gasteiger partial charge is 0.111 e. The first-order valence-electron chi connectivity index (χ1n) is 2.43. The quantitative estimate of drug-likeness (QED) is 0.240. The van der Waals surface area contributed by atoms with Crippen molar-refractivity contribution in [1.82, 2.24) is 0 Å². The summed E-state index contributed by atoms with van der Waals surface area (Å²) in [5.74, 6) is 0.417. The predicted octanol–water partition coefficient (Wildman–Crippen LogP) is 1.88. The normalized spacial score (nSPS) is 8.38. The minimum atomic E-state index is 0.417. The van der Waals surface area contributed by atoms with Crippen LogP contribution in [0.4, 0.5) is 0 Å². The van der Waals surface area contributed by atoms with Gasteiger partial charge in [0.1, 0.15) is 5.28 Å². The van der Waals surface area contributed by atoms with E-state index in [1.807, 2.05) is 13.8 Å². The van der Waals surface area contributed by atoms with Crippen LogP contribution >= 0.6 is 0 Å². The van der Waals surface area contributed by atoms with Crippen molar-refractivity contribution in [3.63, 3.8) is 0 Å². The third kappa shape index (κ3) is 5.11. The number of azide groups is 1. The predicted molar refractivity (Wildman–Crippen MR) is 29.9 cm³/mol. The van der Waals surface area contributed by atoms with E-state index < -0.39 is 0 Å². The summed E-state index contributed by atoms with van der Waals surface area (Å²) >= 11 is 0. The molecule has 4 nitrogen and oxygen atoms in total. The maximum atomic E-state index is 7.71. The molecule has 0 aromatic rings. The molecule has 0 spiro atoms. The van der Waals surface area contributed by atoms with Gasteiger partial charge in [0.2, 0.25) is 0 Å². The molecular formula is C4H9N3O. The third-order valence-corrected chi connectivity index (χ3v) is 0.502. The van der Waals surface area contributed by atoms with Crippen LogP contribution in [0.2, 0.25) is 0 Å². The second-order valence-electron chi connectivity index (χ2n) is 1.86. The maximum Gasteiger partial charge on any atom is 0.111 e. The molecule has 0 rings (SSSR count). The lowest BCUT2D eigenvalue weighted by molar-refractivity contribution is 0.113. The van der Waals surface area contributed by atoms with Gasteiger partial charge in [-0.05, 0) is 11.4 Å². The molecule has 8 heavy (non-hydrogen) atoms. The van der Waals surface area contributed by atoms with Crippen molar-refractivity contribution in [1.29, 1.82) is 0 Å². The van der Waals surface area contributed by atoms with Crippen molar-refractivity contribution in [2.24, 2.45) is 11.2 Å².